The van der Waals surface area contributed by atoms with Crippen molar-refractivity contribution in [3.8, 4) is 5.75 Å². The molecule has 13 heavy (non-hydrogen) atoms. The molecule has 1 aromatic rings. The SMILES string of the molecule is COc1ccc(CC=C[C]=O)cc1. The van der Waals surface area contributed by atoms with Gasteiger partial charge in [-0.05, 0) is 30.2 Å². The van der Waals surface area contributed by atoms with E-state index < -0.39 is 0 Å². The van der Waals surface area contributed by atoms with Crippen molar-refractivity contribution in [2.24, 2.45) is 0 Å². The van der Waals surface area contributed by atoms with Gasteiger partial charge in [0, 0.05) is 0 Å². The molecule has 1 aromatic carbocycles. The van der Waals surface area contributed by atoms with Gasteiger partial charge in [0.1, 0.15) is 5.75 Å². The Hall–Kier alpha value is -1.57. The molecule has 1 radical (unpaired) electrons. The Morgan fingerprint density at radius 1 is 1.38 bits per heavy atom. The van der Waals surface area contributed by atoms with Crippen LogP contribution in [-0.2, 0) is 11.2 Å². The third-order valence-electron chi connectivity index (χ3n) is 1.70. The zero-order valence-electron chi connectivity index (χ0n) is 7.49. The van der Waals surface area contributed by atoms with Crippen molar-refractivity contribution >= 4 is 6.29 Å². The van der Waals surface area contributed by atoms with E-state index in [2.05, 4.69) is 0 Å². The molecule has 0 N–H and O–H groups in total. The van der Waals surface area contributed by atoms with Crippen molar-refractivity contribution < 1.29 is 9.53 Å². The van der Waals surface area contributed by atoms with Crippen LogP contribution in [0.4, 0.5) is 0 Å². The van der Waals surface area contributed by atoms with Crippen molar-refractivity contribution in [1.29, 1.82) is 0 Å². The number of benzene rings is 1. The van der Waals surface area contributed by atoms with Gasteiger partial charge in [-0.2, -0.15) is 0 Å². The summed E-state index contributed by atoms with van der Waals surface area (Å²) in [5.74, 6) is 0.842. The second-order valence-corrected chi connectivity index (χ2v) is 2.57. The number of carbonyl (C=O) groups excluding carboxylic acids is 1. The maximum Gasteiger partial charge on any atom is 0.225 e. The predicted molar refractivity (Wildman–Crippen MR) is 51.5 cm³/mol. The van der Waals surface area contributed by atoms with Gasteiger partial charge >= 0.3 is 0 Å². The molecule has 2 heteroatoms. The van der Waals surface area contributed by atoms with E-state index in [0.717, 1.165) is 17.7 Å². The van der Waals surface area contributed by atoms with Gasteiger partial charge in [0.25, 0.3) is 0 Å². The van der Waals surface area contributed by atoms with Crippen molar-refractivity contribution in [1.82, 2.24) is 0 Å². The summed E-state index contributed by atoms with van der Waals surface area (Å²) in [5.41, 5.74) is 1.15. The van der Waals surface area contributed by atoms with E-state index in [-0.39, 0.29) is 0 Å². The summed E-state index contributed by atoms with van der Waals surface area (Å²) in [6, 6.07) is 7.73. The van der Waals surface area contributed by atoms with E-state index in [1.165, 1.54) is 6.08 Å². The highest BCUT2D eigenvalue weighted by molar-refractivity contribution is 5.65. The molecule has 0 aliphatic rings. The molecule has 0 unspecified atom stereocenters. The first-order valence-corrected chi connectivity index (χ1v) is 4.02. The first kappa shape index (κ1) is 9.52. The van der Waals surface area contributed by atoms with Gasteiger partial charge in [0.05, 0.1) is 7.11 Å². The van der Waals surface area contributed by atoms with E-state index >= 15 is 0 Å². The van der Waals surface area contributed by atoms with E-state index in [4.69, 9.17) is 4.74 Å². The second kappa shape index (κ2) is 5.14. The maximum atomic E-state index is 9.86. The Balaban J connectivity index is 2.58. The van der Waals surface area contributed by atoms with E-state index in [0.29, 0.717) is 0 Å². The fourth-order valence-electron chi connectivity index (χ4n) is 1.00. The largest absolute Gasteiger partial charge is 0.497 e. The molecule has 0 bridgehead atoms. The molecule has 0 aromatic heterocycles. The quantitative estimate of drug-likeness (QED) is 0.653. The lowest BCUT2D eigenvalue weighted by Gasteiger charge is -1.99. The minimum absolute atomic E-state index is 0.749. The van der Waals surface area contributed by atoms with Crippen LogP contribution in [0.25, 0.3) is 0 Å². The molecule has 0 fully saturated rings. The lowest BCUT2D eigenvalue weighted by atomic mass is 10.1. The number of ether oxygens (including phenoxy) is 1. The summed E-state index contributed by atoms with van der Waals surface area (Å²) in [4.78, 5) is 9.86. The Morgan fingerprint density at radius 2 is 2.08 bits per heavy atom. The average Bonchev–Trinajstić information content (AvgIpc) is 2.19. The topological polar surface area (TPSA) is 26.3 Å². The van der Waals surface area contributed by atoms with Crippen molar-refractivity contribution in [3.63, 3.8) is 0 Å². The van der Waals surface area contributed by atoms with Crippen LogP contribution in [0.3, 0.4) is 0 Å². The summed E-state index contributed by atoms with van der Waals surface area (Å²) in [6.45, 7) is 0. The summed E-state index contributed by atoms with van der Waals surface area (Å²) in [6.07, 6.45) is 5.61. The van der Waals surface area contributed by atoms with Gasteiger partial charge in [0.15, 0.2) is 0 Å². The highest BCUT2D eigenvalue weighted by Gasteiger charge is 1.90. The van der Waals surface area contributed by atoms with Crippen molar-refractivity contribution in [2.45, 2.75) is 6.42 Å². The number of hydrogen-bond donors (Lipinski definition) is 0. The molecule has 0 aliphatic heterocycles. The third-order valence-corrected chi connectivity index (χ3v) is 1.70. The number of methoxy groups -OCH3 is 1. The van der Waals surface area contributed by atoms with Crippen molar-refractivity contribution in [2.75, 3.05) is 7.11 Å². The summed E-state index contributed by atoms with van der Waals surface area (Å²) < 4.78 is 5.01. The van der Waals surface area contributed by atoms with Gasteiger partial charge in [0.2, 0.25) is 6.29 Å². The molecule has 67 valence electrons. The standard InChI is InChI=1S/C11H11O2/c1-13-11-7-5-10(6-8-11)4-2-3-9-12/h2-3,5-8H,4H2,1H3. The van der Waals surface area contributed by atoms with Crippen molar-refractivity contribution in [3.05, 3.63) is 42.0 Å². The summed E-state index contributed by atoms with van der Waals surface area (Å²) in [7, 11) is 1.64. The molecule has 0 saturated heterocycles. The van der Waals surface area contributed by atoms with Crippen LogP contribution < -0.4 is 4.74 Å². The van der Waals surface area contributed by atoms with Crippen LogP contribution in [0.2, 0.25) is 0 Å². The number of rotatable bonds is 4. The highest BCUT2D eigenvalue weighted by atomic mass is 16.5. The zero-order valence-corrected chi connectivity index (χ0v) is 7.49. The molecule has 0 amide bonds. The lowest BCUT2D eigenvalue weighted by molar-refractivity contribution is 0.414. The zero-order chi connectivity index (χ0) is 9.52. The van der Waals surface area contributed by atoms with E-state index in [9.17, 15) is 4.79 Å². The fourth-order valence-corrected chi connectivity index (χ4v) is 1.00. The molecular formula is C11H11O2. The highest BCUT2D eigenvalue weighted by Crippen LogP contribution is 2.11. The lowest BCUT2D eigenvalue weighted by Crippen LogP contribution is -1.84. The van der Waals surface area contributed by atoms with E-state index in [1.807, 2.05) is 24.3 Å². The Kier molecular flexibility index (Phi) is 3.76. The molecule has 0 spiro atoms. The third kappa shape index (κ3) is 3.11. The molecule has 0 saturated carbocycles. The normalized spacial score (nSPS) is 10.2. The molecular weight excluding hydrogens is 164 g/mol. The molecule has 1 rings (SSSR count). The van der Waals surface area contributed by atoms with Gasteiger partial charge in [-0.3, -0.25) is 4.79 Å². The number of allylic oxidation sites excluding steroid dienone is 2. The molecule has 2 nitrogen and oxygen atoms in total. The smallest absolute Gasteiger partial charge is 0.225 e. The maximum absolute atomic E-state index is 9.86. The molecule has 0 atom stereocenters. The average molecular weight is 175 g/mol. The summed E-state index contributed by atoms with van der Waals surface area (Å²) in [5, 5.41) is 0. The van der Waals surface area contributed by atoms with E-state index in [1.54, 1.807) is 19.5 Å². The van der Waals surface area contributed by atoms with Gasteiger partial charge in [-0.15, -0.1) is 0 Å². The minimum atomic E-state index is 0.749. The predicted octanol–water partition coefficient (Wildman–Crippen LogP) is 1.90. The van der Waals surface area contributed by atoms with Crippen LogP contribution in [0.1, 0.15) is 5.56 Å². The Labute approximate surface area is 77.8 Å². The fraction of sp³-hybridized carbons (Fsp3) is 0.182. The second-order valence-electron chi connectivity index (χ2n) is 2.57. The van der Waals surface area contributed by atoms with Crippen LogP contribution in [0, 0.1) is 0 Å². The Bertz CT molecular complexity index is 285. The summed E-state index contributed by atoms with van der Waals surface area (Å²) >= 11 is 0. The molecule has 0 aliphatic carbocycles. The van der Waals surface area contributed by atoms with Crippen LogP contribution in [0.5, 0.6) is 5.75 Å². The monoisotopic (exact) mass is 175 g/mol. The van der Waals surface area contributed by atoms with Crippen LogP contribution in [0.15, 0.2) is 36.4 Å². The number of hydrogen-bond acceptors (Lipinski definition) is 2. The first-order valence-electron chi connectivity index (χ1n) is 4.02. The molecule has 0 heterocycles. The Morgan fingerprint density at radius 3 is 2.62 bits per heavy atom. The van der Waals surface area contributed by atoms with Crippen LogP contribution in [-0.4, -0.2) is 13.4 Å². The van der Waals surface area contributed by atoms with Gasteiger partial charge in [-0.1, -0.05) is 18.2 Å². The van der Waals surface area contributed by atoms with Crippen LogP contribution >= 0.6 is 0 Å². The van der Waals surface area contributed by atoms with Gasteiger partial charge < -0.3 is 4.74 Å². The van der Waals surface area contributed by atoms with Gasteiger partial charge in [-0.25, -0.2) is 0 Å². The first-order chi connectivity index (χ1) is 6.36. The minimum Gasteiger partial charge on any atom is -0.497 e.